The van der Waals surface area contributed by atoms with Crippen LogP contribution in [0.3, 0.4) is 0 Å². The number of carbonyl (C=O) groups is 2. The fourth-order valence-electron chi connectivity index (χ4n) is 3.80. The van der Waals surface area contributed by atoms with Gasteiger partial charge < -0.3 is 21.7 Å². The van der Waals surface area contributed by atoms with Gasteiger partial charge in [-0.05, 0) is 56.0 Å². The number of rotatable bonds is 9. The molecule has 0 spiro atoms. The summed E-state index contributed by atoms with van der Waals surface area (Å²) in [5, 5.41) is 9.13. The number of nitrogens with one attached hydrogen (secondary N) is 3. The van der Waals surface area contributed by atoms with Crippen LogP contribution in [0.15, 0.2) is 36.5 Å². The van der Waals surface area contributed by atoms with Gasteiger partial charge in [-0.1, -0.05) is 6.07 Å². The first-order valence-corrected chi connectivity index (χ1v) is 11.3. The Morgan fingerprint density at radius 1 is 1.06 bits per heavy atom. The van der Waals surface area contributed by atoms with Crippen molar-refractivity contribution in [2.75, 3.05) is 25.5 Å². The summed E-state index contributed by atoms with van der Waals surface area (Å²) in [5.74, 6) is -2.12. The average molecular weight is 468 g/mol. The number of hydrogen-bond acceptors (Lipinski definition) is 5. The molecule has 1 aliphatic carbocycles. The molecule has 1 heterocycles. The quantitative estimate of drug-likeness (QED) is 0.360. The monoisotopic (exact) mass is 467 g/mol. The van der Waals surface area contributed by atoms with Crippen LogP contribution < -0.4 is 21.7 Å². The number of fused-ring (bicyclic) bond motifs is 1. The zero-order valence-electron chi connectivity index (χ0n) is 18.9. The number of nitrogens with zero attached hydrogens (tertiary/aromatic N) is 1. The normalized spacial score (nSPS) is 13.1. The Kier molecular flexibility index (Phi) is 7.02. The highest BCUT2D eigenvalue weighted by molar-refractivity contribution is 6.08. The maximum absolute atomic E-state index is 15.0. The van der Waals surface area contributed by atoms with E-state index in [1.807, 2.05) is 0 Å². The van der Waals surface area contributed by atoms with Gasteiger partial charge in [0.25, 0.3) is 11.8 Å². The summed E-state index contributed by atoms with van der Waals surface area (Å²) >= 11 is 0. The number of hydrogen-bond donors (Lipinski definition) is 4. The predicted octanol–water partition coefficient (Wildman–Crippen LogP) is 3.58. The van der Waals surface area contributed by atoms with Crippen molar-refractivity contribution in [1.29, 1.82) is 0 Å². The van der Waals surface area contributed by atoms with Crippen molar-refractivity contribution < 1.29 is 18.4 Å². The van der Waals surface area contributed by atoms with Crippen molar-refractivity contribution in [3.8, 4) is 11.1 Å². The molecule has 1 saturated carbocycles. The number of aromatic nitrogens is 1. The van der Waals surface area contributed by atoms with Crippen LogP contribution in [0.4, 0.5) is 14.5 Å². The molecule has 34 heavy (non-hydrogen) atoms. The van der Waals surface area contributed by atoms with E-state index in [0.29, 0.717) is 41.7 Å². The van der Waals surface area contributed by atoms with Crippen LogP contribution in [0.25, 0.3) is 22.0 Å². The summed E-state index contributed by atoms with van der Waals surface area (Å²) in [5.41, 5.74) is 6.95. The summed E-state index contributed by atoms with van der Waals surface area (Å²) in [6.45, 7) is 0.917. The van der Waals surface area contributed by atoms with Crippen LogP contribution in [0, 0.1) is 11.6 Å². The standard InChI is InChI=1S/C25H27F2N5O2/c1-29-23-18-11-17(14-4-7-16(20(26)10-14)24(33)30-9-3-2-8-28)21(27)12-22(18)31-13-19(23)25(34)32-15-5-6-15/h4,7,10-13,15H,2-3,5-6,8-9,28H2,1H3,(H,29,31)(H,30,33)(H,32,34). The zero-order chi connectivity index (χ0) is 24.2. The van der Waals surface area contributed by atoms with E-state index < -0.39 is 17.5 Å². The molecule has 1 aliphatic rings. The molecule has 2 aromatic carbocycles. The molecular weight excluding hydrogens is 440 g/mol. The molecule has 3 aromatic rings. The minimum atomic E-state index is -0.752. The molecule has 0 unspecified atom stereocenters. The number of nitrogens with two attached hydrogens (primary N) is 1. The number of amides is 2. The first-order valence-electron chi connectivity index (χ1n) is 11.3. The lowest BCUT2D eigenvalue weighted by Gasteiger charge is -2.14. The van der Waals surface area contributed by atoms with E-state index in [1.165, 1.54) is 24.4 Å². The SMILES string of the molecule is CNc1c(C(=O)NC2CC2)cnc2cc(F)c(-c3ccc(C(=O)NCCCCN)c(F)c3)cc12. The Morgan fingerprint density at radius 2 is 1.85 bits per heavy atom. The Hall–Kier alpha value is -3.59. The summed E-state index contributed by atoms with van der Waals surface area (Å²) < 4.78 is 29.7. The predicted molar refractivity (Wildman–Crippen MR) is 128 cm³/mol. The second kappa shape index (κ2) is 10.1. The molecule has 4 rings (SSSR count). The van der Waals surface area contributed by atoms with Gasteiger partial charge in [0.05, 0.1) is 22.3 Å². The Balaban J connectivity index is 1.66. The molecule has 0 saturated heterocycles. The van der Waals surface area contributed by atoms with Crippen molar-refractivity contribution in [3.63, 3.8) is 0 Å². The Morgan fingerprint density at radius 3 is 2.53 bits per heavy atom. The summed E-state index contributed by atoms with van der Waals surface area (Å²) in [6.07, 6.45) is 4.78. The third kappa shape index (κ3) is 4.99. The lowest BCUT2D eigenvalue weighted by atomic mass is 9.99. The van der Waals surface area contributed by atoms with E-state index in [2.05, 4.69) is 20.9 Å². The number of unbranched alkanes of at least 4 members (excludes halogenated alkanes) is 1. The molecule has 178 valence electrons. The van der Waals surface area contributed by atoms with Crippen LogP contribution in [-0.4, -0.2) is 43.0 Å². The van der Waals surface area contributed by atoms with E-state index in [4.69, 9.17) is 5.73 Å². The number of anilines is 1. The molecule has 7 nitrogen and oxygen atoms in total. The number of pyridine rings is 1. The van der Waals surface area contributed by atoms with Crippen LogP contribution in [0.2, 0.25) is 0 Å². The van der Waals surface area contributed by atoms with Gasteiger partial charge in [-0.3, -0.25) is 14.6 Å². The van der Waals surface area contributed by atoms with Gasteiger partial charge in [0.2, 0.25) is 0 Å². The van der Waals surface area contributed by atoms with Crippen LogP contribution >= 0.6 is 0 Å². The van der Waals surface area contributed by atoms with Crippen molar-refractivity contribution in [2.45, 2.75) is 31.7 Å². The summed E-state index contributed by atoms with van der Waals surface area (Å²) in [6, 6.07) is 6.94. The van der Waals surface area contributed by atoms with Crippen LogP contribution in [-0.2, 0) is 0 Å². The fourth-order valence-corrected chi connectivity index (χ4v) is 3.80. The van der Waals surface area contributed by atoms with Crippen LogP contribution in [0.1, 0.15) is 46.4 Å². The second-order valence-electron chi connectivity index (χ2n) is 8.34. The third-order valence-corrected chi connectivity index (χ3v) is 5.81. The molecule has 2 amide bonds. The first kappa shape index (κ1) is 23.6. The van der Waals surface area contributed by atoms with Gasteiger partial charge in [0, 0.05) is 42.8 Å². The smallest absolute Gasteiger partial charge is 0.255 e. The molecule has 0 bridgehead atoms. The third-order valence-electron chi connectivity index (χ3n) is 5.81. The largest absolute Gasteiger partial charge is 0.387 e. The van der Waals surface area contributed by atoms with E-state index in [1.54, 1.807) is 13.1 Å². The molecule has 1 fully saturated rings. The highest BCUT2D eigenvalue weighted by atomic mass is 19.1. The number of carbonyl (C=O) groups excluding carboxylic acids is 2. The second-order valence-corrected chi connectivity index (χ2v) is 8.34. The highest BCUT2D eigenvalue weighted by Gasteiger charge is 2.26. The van der Waals surface area contributed by atoms with E-state index in [9.17, 15) is 18.4 Å². The molecule has 9 heteroatoms. The van der Waals surface area contributed by atoms with Crippen molar-refractivity contribution >= 4 is 28.4 Å². The van der Waals surface area contributed by atoms with E-state index in [-0.39, 0.29) is 28.6 Å². The van der Waals surface area contributed by atoms with Gasteiger partial charge in [-0.15, -0.1) is 0 Å². The molecular formula is C25H27F2N5O2. The molecule has 0 aliphatic heterocycles. The minimum absolute atomic E-state index is 0.116. The number of halogens is 2. The van der Waals surface area contributed by atoms with Gasteiger partial charge in [-0.25, -0.2) is 8.78 Å². The van der Waals surface area contributed by atoms with Crippen molar-refractivity contribution in [1.82, 2.24) is 15.6 Å². The molecule has 0 atom stereocenters. The number of benzene rings is 2. The lowest BCUT2D eigenvalue weighted by molar-refractivity contribution is 0.0941. The fraction of sp³-hybridized carbons (Fsp3) is 0.320. The molecule has 0 radical (unpaired) electrons. The van der Waals surface area contributed by atoms with Crippen LogP contribution in [0.5, 0.6) is 0 Å². The Bertz CT molecular complexity index is 1240. The first-order chi connectivity index (χ1) is 16.4. The summed E-state index contributed by atoms with van der Waals surface area (Å²) in [7, 11) is 1.67. The van der Waals surface area contributed by atoms with Gasteiger partial charge in [-0.2, -0.15) is 0 Å². The lowest BCUT2D eigenvalue weighted by Crippen LogP contribution is -2.26. The topological polar surface area (TPSA) is 109 Å². The maximum atomic E-state index is 15.0. The van der Waals surface area contributed by atoms with Gasteiger partial charge >= 0.3 is 0 Å². The van der Waals surface area contributed by atoms with Crippen molar-refractivity contribution in [2.24, 2.45) is 5.73 Å². The zero-order valence-corrected chi connectivity index (χ0v) is 18.9. The summed E-state index contributed by atoms with van der Waals surface area (Å²) in [4.78, 5) is 29.2. The minimum Gasteiger partial charge on any atom is -0.387 e. The molecule has 1 aromatic heterocycles. The van der Waals surface area contributed by atoms with E-state index in [0.717, 1.165) is 25.3 Å². The average Bonchev–Trinajstić information content (AvgIpc) is 3.64. The van der Waals surface area contributed by atoms with Gasteiger partial charge in [0.1, 0.15) is 11.6 Å². The highest BCUT2D eigenvalue weighted by Crippen LogP contribution is 2.33. The van der Waals surface area contributed by atoms with Gasteiger partial charge in [0.15, 0.2) is 0 Å². The Labute approximate surface area is 196 Å². The maximum Gasteiger partial charge on any atom is 0.255 e. The van der Waals surface area contributed by atoms with Crippen molar-refractivity contribution in [3.05, 3.63) is 59.3 Å². The molecule has 5 N–H and O–H groups in total. The van der Waals surface area contributed by atoms with E-state index >= 15 is 0 Å².